The summed E-state index contributed by atoms with van der Waals surface area (Å²) < 4.78 is 18.5. The van der Waals surface area contributed by atoms with Crippen molar-refractivity contribution in [3.05, 3.63) is 102 Å². The minimum absolute atomic E-state index is 0.215. The summed E-state index contributed by atoms with van der Waals surface area (Å²) in [5, 5.41) is 14.5. The molecule has 0 saturated heterocycles. The Morgan fingerprint density at radius 3 is 2.53 bits per heavy atom. The topological polar surface area (TPSA) is 76.1 Å². The van der Waals surface area contributed by atoms with E-state index in [1.54, 1.807) is 24.3 Å². The van der Waals surface area contributed by atoms with E-state index in [0.29, 0.717) is 28.4 Å². The Bertz CT molecular complexity index is 1210. The molecule has 1 amide bonds. The minimum atomic E-state index is -0.393. The molecule has 0 spiro atoms. The first-order chi connectivity index (χ1) is 15.6. The average molecular weight is 428 g/mol. The molecule has 2 N–H and O–H groups in total. The van der Waals surface area contributed by atoms with Gasteiger partial charge in [-0.05, 0) is 36.4 Å². The van der Waals surface area contributed by atoms with Gasteiger partial charge in [0.25, 0.3) is 5.91 Å². The van der Waals surface area contributed by atoms with E-state index in [9.17, 15) is 9.18 Å². The standard InChI is InChI=1S/C25H21FN4O2/c1-32-23-15-20(26)11-10-19(23)16-27-25(31)18-8-5-9-21(14-18)28-24-13-12-22(29-30-24)17-6-3-2-4-7-17/h2-15H,16H2,1H3,(H,27,31)(H,28,30). The minimum Gasteiger partial charge on any atom is -0.496 e. The van der Waals surface area contributed by atoms with Crippen LogP contribution >= 0.6 is 0 Å². The van der Waals surface area contributed by atoms with Crippen LogP contribution in [0.15, 0.2) is 84.9 Å². The van der Waals surface area contributed by atoms with E-state index in [-0.39, 0.29) is 12.5 Å². The highest BCUT2D eigenvalue weighted by Gasteiger charge is 2.10. The molecule has 6 nitrogen and oxygen atoms in total. The lowest BCUT2D eigenvalue weighted by Crippen LogP contribution is -2.23. The normalized spacial score (nSPS) is 10.4. The van der Waals surface area contributed by atoms with Crippen molar-refractivity contribution in [2.75, 3.05) is 12.4 Å². The molecule has 0 aliphatic carbocycles. The number of rotatable bonds is 7. The summed E-state index contributed by atoms with van der Waals surface area (Å²) in [6.45, 7) is 0.215. The molecule has 0 radical (unpaired) electrons. The lowest BCUT2D eigenvalue weighted by atomic mass is 10.1. The zero-order valence-electron chi connectivity index (χ0n) is 17.4. The van der Waals surface area contributed by atoms with Crippen LogP contribution in [0, 0.1) is 5.82 Å². The molecule has 7 heteroatoms. The van der Waals surface area contributed by atoms with Crippen LogP contribution in [-0.4, -0.2) is 23.2 Å². The van der Waals surface area contributed by atoms with Crippen molar-refractivity contribution in [2.24, 2.45) is 0 Å². The van der Waals surface area contributed by atoms with Crippen LogP contribution in [0.1, 0.15) is 15.9 Å². The first kappa shape index (κ1) is 21.0. The molecule has 0 bridgehead atoms. The largest absolute Gasteiger partial charge is 0.496 e. The van der Waals surface area contributed by atoms with Crippen LogP contribution in [0.3, 0.4) is 0 Å². The van der Waals surface area contributed by atoms with Gasteiger partial charge in [0.1, 0.15) is 11.6 Å². The van der Waals surface area contributed by atoms with E-state index in [0.717, 1.165) is 11.3 Å². The zero-order chi connectivity index (χ0) is 22.3. The number of nitrogens with one attached hydrogen (secondary N) is 2. The molecule has 4 aromatic rings. The summed E-state index contributed by atoms with van der Waals surface area (Å²) in [7, 11) is 1.46. The summed E-state index contributed by atoms with van der Waals surface area (Å²) in [5.41, 5.74) is 3.64. The van der Waals surface area contributed by atoms with Gasteiger partial charge in [0.05, 0.1) is 12.8 Å². The first-order valence-corrected chi connectivity index (χ1v) is 9.99. The van der Waals surface area contributed by atoms with Crippen LogP contribution < -0.4 is 15.4 Å². The number of halogens is 1. The molecule has 0 aliphatic rings. The fourth-order valence-electron chi connectivity index (χ4n) is 3.19. The maximum atomic E-state index is 13.3. The monoisotopic (exact) mass is 428 g/mol. The number of methoxy groups -OCH3 is 1. The van der Waals surface area contributed by atoms with Gasteiger partial charge in [-0.1, -0.05) is 42.5 Å². The van der Waals surface area contributed by atoms with Crippen molar-refractivity contribution in [3.63, 3.8) is 0 Å². The third kappa shape index (κ3) is 5.07. The highest BCUT2D eigenvalue weighted by atomic mass is 19.1. The number of hydrogen-bond acceptors (Lipinski definition) is 5. The lowest BCUT2D eigenvalue weighted by molar-refractivity contribution is 0.0950. The first-order valence-electron chi connectivity index (χ1n) is 9.99. The highest BCUT2D eigenvalue weighted by Crippen LogP contribution is 2.21. The van der Waals surface area contributed by atoms with Gasteiger partial charge >= 0.3 is 0 Å². The third-order valence-electron chi connectivity index (χ3n) is 4.82. The number of amides is 1. The third-order valence-corrected chi connectivity index (χ3v) is 4.82. The smallest absolute Gasteiger partial charge is 0.251 e. The van der Waals surface area contributed by atoms with Gasteiger partial charge in [-0.2, -0.15) is 0 Å². The number of carbonyl (C=O) groups is 1. The van der Waals surface area contributed by atoms with Crippen molar-refractivity contribution in [3.8, 4) is 17.0 Å². The molecular formula is C25H21FN4O2. The van der Waals surface area contributed by atoms with Crippen LogP contribution in [0.25, 0.3) is 11.3 Å². The van der Waals surface area contributed by atoms with Gasteiger partial charge in [0.2, 0.25) is 0 Å². The highest BCUT2D eigenvalue weighted by molar-refractivity contribution is 5.95. The number of anilines is 2. The van der Waals surface area contributed by atoms with E-state index in [1.807, 2.05) is 48.5 Å². The van der Waals surface area contributed by atoms with E-state index in [1.165, 1.54) is 19.2 Å². The van der Waals surface area contributed by atoms with Crippen molar-refractivity contribution in [1.29, 1.82) is 0 Å². The molecule has 0 atom stereocenters. The number of nitrogens with zero attached hydrogens (tertiary/aromatic N) is 2. The van der Waals surface area contributed by atoms with Crippen LogP contribution in [0.4, 0.5) is 15.9 Å². The Morgan fingerprint density at radius 1 is 0.938 bits per heavy atom. The van der Waals surface area contributed by atoms with Crippen molar-refractivity contribution < 1.29 is 13.9 Å². The molecule has 1 aromatic heterocycles. The lowest BCUT2D eigenvalue weighted by Gasteiger charge is -2.11. The number of ether oxygens (including phenoxy) is 1. The Balaban J connectivity index is 1.41. The van der Waals surface area contributed by atoms with Gasteiger partial charge in [-0.15, -0.1) is 10.2 Å². The van der Waals surface area contributed by atoms with E-state index < -0.39 is 5.82 Å². The fraction of sp³-hybridized carbons (Fsp3) is 0.0800. The summed E-state index contributed by atoms with van der Waals surface area (Å²) in [5.74, 6) is 0.303. The molecule has 4 rings (SSSR count). The maximum absolute atomic E-state index is 13.3. The summed E-state index contributed by atoms with van der Waals surface area (Å²) in [4.78, 5) is 12.6. The number of carbonyl (C=O) groups excluding carboxylic acids is 1. The van der Waals surface area contributed by atoms with E-state index in [4.69, 9.17) is 4.74 Å². The summed E-state index contributed by atoms with van der Waals surface area (Å²) >= 11 is 0. The molecule has 1 heterocycles. The summed E-state index contributed by atoms with van der Waals surface area (Å²) in [6.07, 6.45) is 0. The molecular weight excluding hydrogens is 407 g/mol. The quantitative estimate of drug-likeness (QED) is 0.435. The molecule has 0 aliphatic heterocycles. The van der Waals surface area contributed by atoms with Crippen LogP contribution in [0.2, 0.25) is 0 Å². The van der Waals surface area contributed by atoms with Gasteiger partial charge in [0.15, 0.2) is 5.82 Å². The predicted octanol–water partition coefficient (Wildman–Crippen LogP) is 4.96. The van der Waals surface area contributed by atoms with E-state index in [2.05, 4.69) is 20.8 Å². The zero-order valence-corrected chi connectivity index (χ0v) is 17.4. The second-order valence-electron chi connectivity index (χ2n) is 7.01. The van der Waals surface area contributed by atoms with Crippen LogP contribution in [-0.2, 0) is 6.54 Å². The molecule has 0 fully saturated rings. The summed E-state index contributed by atoms with van der Waals surface area (Å²) in [6, 6.07) is 24.8. The van der Waals surface area contributed by atoms with Gasteiger partial charge in [0, 0.05) is 35.0 Å². The molecule has 160 valence electrons. The molecule has 32 heavy (non-hydrogen) atoms. The molecule has 3 aromatic carbocycles. The van der Waals surface area contributed by atoms with Crippen molar-refractivity contribution in [2.45, 2.75) is 6.54 Å². The Labute approximate surface area is 185 Å². The second-order valence-corrected chi connectivity index (χ2v) is 7.01. The second kappa shape index (κ2) is 9.70. The van der Waals surface area contributed by atoms with Gasteiger partial charge in [-0.3, -0.25) is 4.79 Å². The Hall–Kier alpha value is -4.26. The van der Waals surface area contributed by atoms with Crippen molar-refractivity contribution >= 4 is 17.4 Å². The fourth-order valence-corrected chi connectivity index (χ4v) is 3.19. The van der Waals surface area contributed by atoms with E-state index >= 15 is 0 Å². The maximum Gasteiger partial charge on any atom is 0.251 e. The SMILES string of the molecule is COc1cc(F)ccc1CNC(=O)c1cccc(Nc2ccc(-c3ccccc3)nn2)c1. The predicted molar refractivity (Wildman–Crippen MR) is 121 cm³/mol. The number of aromatic nitrogens is 2. The average Bonchev–Trinajstić information content (AvgIpc) is 2.84. The number of benzene rings is 3. The molecule has 0 saturated carbocycles. The van der Waals surface area contributed by atoms with Crippen molar-refractivity contribution in [1.82, 2.24) is 15.5 Å². The molecule has 0 unspecified atom stereocenters. The van der Waals surface area contributed by atoms with Crippen LogP contribution in [0.5, 0.6) is 5.75 Å². The Kier molecular flexibility index (Phi) is 6.36. The number of hydrogen-bond donors (Lipinski definition) is 2. The Morgan fingerprint density at radius 2 is 1.78 bits per heavy atom. The van der Waals surface area contributed by atoms with Gasteiger partial charge < -0.3 is 15.4 Å². The van der Waals surface area contributed by atoms with Gasteiger partial charge in [-0.25, -0.2) is 4.39 Å².